The lowest BCUT2D eigenvalue weighted by Crippen LogP contribution is -2.75. The Morgan fingerprint density at radius 2 is 1.93 bits per heavy atom. The summed E-state index contributed by atoms with van der Waals surface area (Å²) in [4.78, 5) is 31.7. The molecule has 0 radical (unpaired) electrons. The molecular weight excluding hydrogens is 414 g/mol. The predicted molar refractivity (Wildman–Crippen MR) is 123 cm³/mol. The molecule has 1 saturated heterocycles. The van der Waals surface area contributed by atoms with Gasteiger partial charge in [-0.25, -0.2) is 9.78 Å². The molecule has 30 heavy (non-hydrogen) atoms. The SMILES string of the molecule is CNc1ncc(C[C@H]2C(=O)N([Si](C)(C)C(C)(C)C)[C@@H]2C(=O)OCc2ccccc2)s1. The number of thiazole rings is 1. The van der Waals surface area contributed by atoms with Crippen molar-refractivity contribution in [2.45, 2.75) is 58.0 Å². The van der Waals surface area contributed by atoms with Gasteiger partial charge in [-0.3, -0.25) is 4.79 Å². The van der Waals surface area contributed by atoms with Crippen molar-refractivity contribution in [2.75, 3.05) is 12.4 Å². The number of carbonyl (C=O) groups is 2. The first kappa shape index (κ1) is 22.5. The van der Waals surface area contributed by atoms with E-state index in [1.54, 1.807) is 6.20 Å². The Hall–Kier alpha value is -2.19. The van der Waals surface area contributed by atoms with E-state index in [9.17, 15) is 9.59 Å². The number of amides is 1. The van der Waals surface area contributed by atoms with Gasteiger partial charge in [-0.05, 0) is 17.0 Å². The van der Waals surface area contributed by atoms with E-state index >= 15 is 0 Å². The van der Waals surface area contributed by atoms with Gasteiger partial charge in [0.15, 0.2) is 13.4 Å². The van der Waals surface area contributed by atoms with Gasteiger partial charge in [-0.15, -0.1) is 11.3 Å². The largest absolute Gasteiger partial charge is 0.459 e. The fourth-order valence-corrected chi connectivity index (χ4v) is 6.79. The number of aromatic nitrogens is 1. The molecule has 0 aliphatic carbocycles. The maximum Gasteiger partial charge on any atom is 0.329 e. The van der Waals surface area contributed by atoms with E-state index in [0.717, 1.165) is 15.6 Å². The normalized spacial score (nSPS) is 19.4. The Morgan fingerprint density at radius 3 is 2.50 bits per heavy atom. The topological polar surface area (TPSA) is 71.5 Å². The van der Waals surface area contributed by atoms with Gasteiger partial charge in [0.05, 0.1) is 5.92 Å². The van der Waals surface area contributed by atoms with Crippen molar-refractivity contribution in [3.63, 3.8) is 0 Å². The van der Waals surface area contributed by atoms with E-state index in [2.05, 4.69) is 44.2 Å². The first-order valence-corrected chi connectivity index (χ1v) is 14.0. The van der Waals surface area contributed by atoms with Crippen molar-refractivity contribution >= 4 is 36.6 Å². The number of nitrogens with zero attached hydrogens (tertiary/aromatic N) is 2. The summed E-state index contributed by atoms with van der Waals surface area (Å²) in [7, 11) is -0.402. The summed E-state index contributed by atoms with van der Waals surface area (Å²) < 4.78 is 7.54. The molecule has 1 aliphatic heterocycles. The van der Waals surface area contributed by atoms with Crippen molar-refractivity contribution in [3.05, 3.63) is 47.0 Å². The zero-order valence-electron chi connectivity index (χ0n) is 18.6. The van der Waals surface area contributed by atoms with Crippen LogP contribution in [-0.2, 0) is 27.4 Å². The molecule has 0 saturated carbocycles. The quantitative estimate of drug-likeness (QED) is 0.391. The monoisotopic (exact) mass is 445 g/mol. The van der Waals surface area contributed by atoms with Crippen LogP contribution in [0.25, 0.3) is 0 Å². The summed E-state index contributed by atoms with van der Waals surface area (Å²) in [5.41, 5.74) is 0.938. The van der Waals surface area contributed by atoms with Crippen LogP contribution in [0, 0.1) is 5.92 Å². The van der Waals surface area contributed by atoms with Crippen LogP contribution >= 0.6 is 11.3 Å². The Balaban J connectivity index is 1.82. The summed E-state index contributed by atoms with van der Waals surface area (Å²) in [5.74, 6) is -0.651. The minimum absolute atomic E-state index is 0.0580. The average molecular weight is 446 g/mol. The number of hydrogen-bond acceptors (Lipinski definition) is 6. The molecule has 3 rings (SSSR count). The summed E-state index contributed by atoms with van der Waals surface area (Å²) >= 11 is 1.52. The molecule has 1 amide bonds. The maximum atomic E-state index is 13.2. The van der Waals surface area contributed by atoms with Crippen molar-refractivity contribution in [2.24, 2.45) is 5.92 Å². The van der Waals surface area contributed by atoms with E-state index < -0.39 is 20.2 Å². The summed E-state index contributed by atoms with van der Waals surface area (Å²) in [6.45, 7) is 11.0. The molecule has 1 fully saturated rings. The number of rotatable bonds is 7. The number of benzene rings is 1. The summed E-state index contributed by atoms with van der Waals surface area (Å²) in [5, 5.41) is 3.77. The van der Waals surface area contributed by atoms with Gasteiger partial charge >= 0.3 is 5.97 Å². The molecule has 2 aromatic rings. The van der Waals surface area contributed by atoms with Gasteiger partial charge in [0.1, 0.15) is 12.6 Å². The zero-order valence-corrected chi connectivity index (χ0v) is 20.4. The fraction of sp³-hybridized carbons (Fsp3) is 0.500. The van der Waals surface area contributed by atoms with Crippen LogP contribution < -0.4 is 5.32 Å². The number of carbonyl (C=O) groups excluding carboxylic acids is 2. The lowest BCUT2D eigenvalue weighted by atomic mass is 9.87. The molecule has 0 spiro atoms. The Kier molecular flexibility index (Phi) is 6.38. The number of ether oxygens (including phenoxy) is 1. The molecule has 1 aromatic heterocycles. The second-order valence-corrected chi connectivity index (χ2v) is 15.5. The van der Waals surface area contributed by atoms with Crippen LogP contribution in [0.3, 0.4) is 0 Å². The van der Waals surface area contributed by atoms with Crippen LogP contribution in [0.5, 0.6) is 0 Å². The van der Waals surface area contributed by atoms with Gasteiger partial charge in [0.25, 0.3) is 0 Å². The van der Waals surface area contributed by atoms with Crippen LogP contribution in [0.4, 0.5) is 5.13 Å². The molecule has 1 aliphatic rings. The number of anilines is 1. The first-order valence-electron chi connectivity index (χ1n) is 10.2. The van der Waals surface area contributed by atoms with Crippen LogP contribution in [0.15, 0.2) is 36.5 Å². The van der Waals surface area contributed by atoms with E-state index in [1.165, 1.54) is 11.3 Å². The molecule has 1 N–H and O–H groups in total. The van der Waals surface area contributed by atoms with Crippen molar-refractivity contribution < 1.29 is 14.3 Å². The Bertz CT molecular complexity index is 908. The second kappa shape index (κ2) is 8.51. The van der Waals surface area contributed by atoms with Crippen LogP contribution in [-0.4, -0.2) is 42.8 Å². The van der Waals surface area contributed by atoms with Crippen molar-refractivity contribution in [3.8, 4) is 0 Å². The number of β-lactam (4-membered cyclic amide) rings is 1. The van der Waals surface area contributed by atoms with Gasteiger partial charge in [0.2, 0.25) is 5.91 Å². The molecule has 162 valence electrons. The van der Waals surface area contributed by atoms with E-state index in [1.807, 2.05) is 41.9 Å². The molecule has 0 bridgehead atoms. The van der Waals surface area contributed by atoms with Crippen LogP contribution in [0.1, 0.15) is 31.2 Å². The number of hydrogen-bond donors (Lipinski definition) is 1. The summed E-state index contributed by atoms with van der Waals surface area (Å²) in [6.07, 6.45) is 2.29. The molecule has 8 heteroatoms. The predicted octanol–water partition coefficient (Wildman–Crippen LogP) is 4.30. The molecule has 1 aromatic carbocycles. The minimum Gasteiger partial charge on any atom is -0.459 e. The third-order valence-corrected chi connectivity index (χ3v) is 12.7. The van der Waals surface area contributed by atoms with Crippen molar-refractivity contribution in [1.29, 1.82) is 0 Å². The first-order chi connectivity index (χ1) is 14.1. The molecule has 6 nitrogen and oxygen atoms in total. The lowest BCUT2D eigenvalue weighted by molar-refractivity contribution is -0.168. The van der Waals surface area contributed by atoms with Gasteiger partial charge < -0.3 is 14.6 Å². The third-order valence-electron chi connectivity index (χ3n) is 6.31. The highest BCUT2D eigenvalue weighted by molar-refractivity contribution is 7.15. The van der Waals surface area contributed by atoms with Gasteiger partial charge in [-0.1, -0.05) is 64.2 Å². The average Bonchev–Trinajstić information content (AvgIpc) is 3.15. The smallest absolute Gasteiger partial charge is 0.329 e. The lowest BCUT2D eigenvalue weighted by Gasteiger charge is -2.57. The molecule has 2 atom stereocenters. The highest BCUT2D eigenvalue weighted by Gasteiger charge is 2.60. The van der Waals surface area contributed by atoms with E-state index in [4.69, 9.17) is 4.74 Å². The molecule has 0 unspecified atom stereocenters. The zero-order chi connectivity index (χ0) is 22.1. The number of esters is 1. The third kappa shape index (κ3) is 4.30. The van der Waals surface area contributed by atoms with E-state index in [-0.39, 0.29) is 23.5 Å². The van der Waals surface area contributed by atoms with Gasteiger partial charge in [-0.2, -0.15) is 0 Å². The summed E-state index contributed by atoms with van der Waals surface area (Å²) in [6, 6.07) is 9.09. The maximum absolute atomic E-state index is 13.2. The Morgan fingerprint density at radius 1 is 1.27 bits per heavy atom. The molecule has 2 heterocycles. The van der Waals surface area contributed by atoms with Gasteiger partial charge in [0, 0.05) is 18.1 Å². The van der Waals surface area contributed by atoms with Crippen molar-refractivity contribution in [1.82, 2.24) is 9.55 Å². The highest BCUT2D eigenvalue weighted by atomic mass is 32.1. The van der Waals surface area contributed by atoms with E-state index in [0.29, 0.717) is 6.42 Å². The minimum atomic E-state index is -2.22. The number of nitrogens with one attached hydrogen (secondary N) is 1. The second-order valence-electron chi connectivity index (χ2n) is 9.25. The fourth-order valence-electron chi connectivity index (χ4n) is 3.55. The van der Waals surface area contributed by atoms with Crippen LogP contribution in [0.2, 0.25) is 18.1 Å². The highest BCUT2D eigenvalue weighted by Crippen LogP contribution is 2.46. The Labute approximate surface area is 183 Å². The molecular formula is C22H31N3O3SSi. The standard InChI is InChI=1S/C22H31N3O3SSi/c1-22(2,3)30(5,6)25-18(20(27)28-14-15-10-8-7-9-11-15)17(19(25)26)12-16-13-24-21(23-4)29-16/h7-11,13,17-18H,12,14H2,1-6H3,(H,23,24)/t17-,18+/m1/s1.